The van der Waals surface area contributed by atoms with E-state index >= 15 is 0 Å². The summed E-state index contributed by atoms with van der Waals surface area (Å²) >= 11 is 1.70. The van der Waals surface area contributed by atoms with Crippen molar-refractivity contribution in [2.24, 2.45) is 7.05 Å². The summed E-state index contributed by atoms with van der Waals surface area (Å²) in [7, 11) is 2.11. The van der Waals surface area contributed by atoms with Crippen molar-refractivity contribution >= 4 is 26.5 Å². The Morgan fingerprint density at radius 2 is 1.50 bits per heavy atom. The molecule has 0 N–H and O–H groups in total. The van der Waals surface area contributed by atoms with Crippen LogP contribution in [-0.2, 0) is 7.05 Å². The van der Waals surface area contributed by atoms with Crippen LogP contribution in [0.4, 0.5) is 0 Å². The van der Waals surface area contributed by atoms with Gasteiger partial charge in [-0.2, -0.15) is 4.98 Å². The van der Waals surface area contributed by atoms with Crippen molar-refractivity contribution in [3.8, 4) is 33.8 Å². The molecule has 3 aromatic carbocycles. The zero-order chi connectivity index (χ0) is 21.7. The van der Waals surface area contributed by atoms with Crippen LogP contribution in [0.2, 0.25) is 0 Å². The molecule has 0 atom stereocenters. The molecule has 0 saturated heterocycles. The second-order valence-electron chi connectivity index (χ2n) is 7.96. The predicted molar refractivity (Wildman–Crippen MR) is 131 cm³/mol. The highest BCUT2D eigenvalue weighted by Crippen LogP contribution is 2.34. The molecule has 0 unspecified atom stereocenters. The second-order valence-corrected chi connectivity index (χ2v) is 8.94. The fourth-order valence-corrected chi connectivity index (χ4v) is 5.32. The van der Waals surface area contributed by atoms with Gasteiger partial charge in [-0.25, -0.2) is 9.08 Å². The molecule has 0 aliphatic heterocycles. The first-order chi connectivity index (χ1) is 15.7. The number of pyridine rings is 1. The number of nitrogens with zero attached hydrogens (tertiary/aromatic N) is 4. The van der Waals surface area contributed by atoms with Gasteiger partial charge in [0.05, 0.1) is 15.8 Å². The van der Waals surface area contributed by atoms with Crippen molar-refractivity contribution in [1.82, 2.24) is 14.6 Å². The first-order valence-electron chi connectivity index (χ1n) is 10.6. The molecule has 5 heteroatoms. The van der Waals surface area contributed by atoms with Crippen LogP contribution < -0.4 is 4.57 Å². The molecule has 154 valence electrons. The van der Waals surface area contributed by atoms with E-state index in [0.29, 0.717) is 0 Å². The lowest BCUT2D eigenvalue weighted by Crippen LogP contribution is -2.30. The number of aromatic nitrogens is 4. The summed E-state index contributed by atoms with van der Waals surface area (Å²) in [6.45, 7) is 2.19. The second kappa shape index (κ2) is 7.39. The summed E-state index contributed by atoms with van der Waals surface area (Å²) in [5, 5.41) is 4.79. The maximum absolute atomic E-state index is 4.79. The average Bonchev–Trinajstić information content (AvgIpc) is 3.40. The van der Waals surface area contributed by atoms with Crippen molar-refractivity contribution in [1.29, 1.82) is 0 Å². The lowest BCUT2D eigenvalue weighted by atomic mass is 10.0. The van der Waals surface area contributed by atoms with E-state index in [1.54, 1.807) is 11.3 Å². The minimum absolute atomic E-state index is 0.767. The number of benzene rings is 3. The van der Waals surface area contributed by atoms with Crippen LogP contribution in [0, 0.1) is 6.92 Å². The smallest absolute Gasteiger partial charge is 0.203 e. The van der Waals surface area contributed by atoms with E-state index in [4.69, 9.17) is 10.1 Å². The van der Waals surface area contributed by atoms with Crippen molar-refractivity contribution in [2.75, 3.05) is 0 Å². The Morgan fingerprint density at radius 3 is 2.22 bits per heavy atom. The van der Waals surface area contributed by atoms with Crippen molar-refractivity contribution in [2.45, 2.75) is 6.92 Å². The monoisotopic (exact) mass is 433 g/mol. The Morgan fingerprint density at radius 1 is 0.781 bits per heavy atom. The van der Waals surface area contributed by atoms with E-state index in [9.17, 15) is 0 Å². The van der Waals surface area contributed by atoms with E-state index in [0.717, 1.165) is 21.9 Å². The third-order valence-electron chi connectivity index (χ3n) is 5.93. The van der Waals surface area contributed by atoms with Gasteiger partial charge in [-0.05, 0) is 36.2 Å². The van der Waals surface area contributed by atoms with Crippen molar-refractivity contribution in [3.05, 3.63) is 96.7 Å². The highest BCUT2D eigenvalue weighted by molar-refractivity contribution is 7.23. The predicted octanol–water partition coefficient (Wildman–Crippen LogP) is 6.08. The van der Waals surface area contributed by atoms with Crippen LogP contribution in [0.15, 0.2) is 91.1 Å². The summed E-state index contributed by atoms with van der Waals surface area (Å²) in [5.74, 6) is 0.767. The molecule has 0 fully saturated rings. The van der Waals surface area contributed by atoms with Gasteiger partial charge < -0.3 is 0 Å². The van der Waals surface area contributed by atoms with Crippen molar-refractivity contribution < 1.29 is 4.57 Å². The average molecular weight is 434 g/mol. The number of hydrogen-bond donors (Lipinski definition) is 0. The minimum atomic E-state index is 0.767. The SMILES string of the molecule is Cc1c(-c2ccc(-c3ccccc3)c[n+]2C)ccc2c1sc1nc(-c3ccccc3)nn12. The molecule has 0 amide bonds. The van der Waals surface area contributed by atoms with Crippen LogP contribution in [0.5, 0.6) is 0 Å². The lowest BCUT2D eigenvalue weighted by Gasteiger charge is -2.07. The third-order valence-corrected chi connectivity index (χ3v) is 7.10. The largest absolute Gasteiger partial charge is 0.213 e. The molecular formula is C27H21N4S+. The standard InChI is InChI=1S/C27H21N4S/c1-18-22(23-15-13-21(17-30(23)2)19-9-5-3-6-10-19)14-16-24-25(18)32-27-28-26(29-31(24)27)20-11-7-4-8-12-20/h3-17H,1-2H3/q+1. The molecule has 6 aromatic rings. The minimum Gasteiger partial charge on any atom is -0.203 e. The Labute approximate surface area is 190 Å². The number of hydrogen-bond acceptors (Lipinski definition) is 3. The maximum atomic E-state index is 4.79. The number of thiazole rings is 1. The third kappa shape index (κ3) is 3.01. The highest BCUT2D eigenvalue weighted by atomic mass is 32.1. The van der Waals surface area contributed by atoms with Crippen LogP contribution in [-0.4, -0.2) is 14.6 Å². The first kappa shape index (κ1) is 18.9. The molecule has 32 heavy (non-hydrogen) atoms. The Hall–Kier alpha value is -3.83. The summed E-state index contributed by atoms with van der Waals surface area (Å²) in [4.78, 5) is 5.71. The highest BCUT2D eigenvalue weighted by Gasteiger charge is 2.19. The molecule has 0 aliphatic rings. The zero-order valence-corrected chi connectivity index (χ0v) is 18.7. The molecule has 6 rings (SSSR count). The van der Waals surface area contributed by atoms with Gasteiger partial charge in [0.1, 0.15) is 7.05 Å². The zero-order valence-electron chi connectivity index (χ0n) is 17.9. The molecule has 0 aliphatic carbocycles. The van der Waals surface area contributed by atoms with Gasteiger partial charge in [0, 0.05) is 17.2 Å². The topological polar surface area (TPSA) is 34.1 Å². The Bertz CT molecular complexity index is 1580. The molecule has 0 spiro atoms. The van der Waals surface area contributed by atoms with Gasteiger partial charge in [-0.1, -0.05) is 72.0 Å². The molecule has 0 radical (unpaired) electrons. The molecule has 0 saturated carbocycles. The molecule has 3 heterocycles. The van der Waals surface area contributed by atoms with Gasteiger partial charge in [-0.3, -0.25) is 0 Å². The quantitative estimate of drug-likeness (QED) is 0.317. The van der Waals surface area contributed by atoms with Crippen molar-refractivity contribution in [3.63, 3.8) is 0 Å². The van der Waals surface area contributed by atoms with Crippen LogP contribution in [0.3, 0.4) is 0 Å². The van der Waals surface area contributed by atoms with Gasteiger partial charge in [-0.15, -0.1) is 5.10 Å². The summed E-state index contributed by atoms with van der Waals surface area (Å²) in [6.07, 6.45) is 2.20. The number of fused-ring (bicyclic) bond motifs is 3. The van der Waals surface area contributed by atoms with Gasteiger partial charge in [0.2, 0.25) is 10.7 Å². The fourth-order valence-electron chi connectivity index (χ4n) is 4.26. The lowest BCUT2D eigenvalue weighted by molar-refractivity contribution is -0.659. The van der Waals surface area contributed by atoms with E-state index in [1.807, 2.05) is 40.9 Å². The molecular weight excluding hydrogens is 412 g/mol. The van der Waals surface area contributed by atoms with Crippen LogP contribution in [0.25, 0.3) is 48.9 Å². The molecule has 0 bridgehead atoms. The number of rotatable bonds is 3. The van der Waals surface area contributed by atoms with Gasteiger partial charge in [0.25, 0.3) is 0 Å². The van der Waals surface area contributed by atoms with E-state index in [1.165, 1.54) is 32.6 Å². The van der Waals surface area contributed by atoms with E-state index < -0.39 is 0 Å². The normalized spacial score (nSPS) is 11.4. The molecule has 4 nitrogen and oxygen atoms in total. The Kier molecular flexibility index (Phi) is 4.37. The van der Waals surface area contributed by atoms with E-state index in [2.05, 4.69) is 73.3 Å². The first-order valence-corrected chi connectivity index (χ1v) is 11.4. The number of aryl methyl sites for hydroxylation is 2. The van der Waals surface area contributed by atoms with Crippen LogP contribution >= 0.6 is 11.3 Å². The summed E-state index contributed by atoms with van der Waals surface area (Å²) in [5.41, 5.74) is 8.24. The Balaban J connectivity index is 1.44. The van der Waals surface area contributed by atoms with Gasteiger partial charge >= 0.3 is 0 Å². The maximum Gasteiger partial charge on any atom is 0.213 e. The summed E-state index contributed by atoms with van der Waals surface area (Å²) in [6, 6.07) is 29.4. The molecule has 3 aromatic heterocycles. The fraction of sp³-hybridized carbons (Fsp3) is 0.0741. The van der Waals surface area contributed by atoms with Gasteiger partial charge in [0.15, 0.2) is 12.0 Å². The van der Waals surface area contributed by atoms with E-state index in [-0.39, 0.29) is 0 Å². The summed E-state index contributed by atoms with van der Waals surface area (Å²) < 4.78 is 5.41. The van der Waals surface area contributed by atoms with Crippen LogP contribution in [0.1, 0.15) is 5.56 Å².